The first-order chi connectivity index (χ1) is 14.5. The van der Waals surface area contributed by atoms with Gasteiger partial charge in [0.15, 0.2) is 5.90 Å². The van der Waals surface area contributed by atoms with Crippen molar-refractivity contribution >= 4 is 11.6 Å². The van der Waals surface area contributed by atoms with E-state index in [4.69, 9.17) is 9.47 Å². The maximum atomic E-state index is 14.3. The average Bonchev–Trinajstić information content (AvgIpc) is 3.17. The molecule has 0 radical (unpaired) electrons. The number of ether oxygens (including phenoxy) is 2. The molecule has 0 amide bonds. The van der Waals surface area contributed by atoms with Gasteiger partial charge >= 0.3 is 0 Å². The van der Waals surface area contributed by atoms with Crippen molar-refractivity contribution in [1.29, 1.82) is 0 Å². The standard InChI is InChI=1S/C24H34FN3O2/c1-5-20(28-12-9-18(3)17-28)16-26-19(4)30-21-10-13-27(14-11-21)24-15-22(29-6-2)7-8-23(24)25/h5,7-8,15-16,18,21H,1,6,9-14,17H2,2-4H3/b20-16+,26-19+/t18-/m1/s1. The monoisotopic (exact) mass is 415 g/mol. The molecule has 0 aliphatic carbocycles. The number of piperidine rings is 1. The summed E-state index contributed by atoms with van der Waals surface area (Å²) >= 11 is 0. The lowest BCUT2D eigenvalue weighted by Gasteiger charge is -2.33. The van der Waals surface area contributed by atoms with Crippen molar-refractivity contribution in [2.45, 2.75) is 46.1 Å². The molecule has 2 heterocycles. The maximum absolute atomic E-state index is 14.3. The zero-order valence-electron chi connectivity index (χ0n) is 18.4. The maximum Gasteiger partial charge on any atom is 0.184 e. The number of rotatable bonds is 7. The first-order valence-corrected chi connectivity index (χ1v) is 11.0. The molecule has 3 rings (SSSR count). The van der Waals surface area contributed by atoms with Gasteiger partial charge in [-0.25, -0.2) is 9.38 Å². The fraction of sp³-hybridized carbons (Fsp3) is 0.542. The summed E-state index contributed by atoms with van der Waals surface area (Å²) in [6, 6.07) is 4.93. The number of halogens is 1. The van der Waals surface area contributed by atoms with E-state index in [-0.39, 0.29) is 11.9 Å². The van der Waals surface area contributed by atoms with Gasteiger partial charge in [0.25, 0.3) is 0 Å². The number of anilines is 1. The van der Waals surface area contributed by atoms with Gasteiger partial charge < -0.3 is 19.3 Å². The molecule has 1 aromatic rings. The molecular formula is C24H34FN3O2. The minimum absolute atomic E-state index is 0.0931. The molecule has 164 valence electrons. The van der Waals surface area contributed by atoms with E-state index in [1.807, 2.05) is 26.1 Å². The third-order valence-corrected chi connectivity index (χ3v) is 5.73. The van der Waals surface area contributed by atoms with Gasteiger partial charge in [-0.05, 0) is 37.5 Å². The van der Waals surface area contributed by atoms with E-state index in [0.29, 0.717) is 29.9 Å². The molecule has 0 saturated carbocycles. The fourth-order valence-corrected chi connectivity index (χ4v) is 4.07. The molecule has 5 nitrogen and oxygen atoms in total. The Balaban J connectivity index is 1.54. The summed E-state index contributed by atoms with van der Waals surface area (Å²) in [4.78, 5) is 8.89. The van der Waals surface area contributed by atoms with Crippen LogP contribution in [0.4, 0.5) is 10.1 Å². The van der Waals surface area contributed by atoms with Gasteiger partial charge in [-0.15, -0.1) is 0 Å². The van der Waals surface area contributed by atoms with Crippen molar-refractivity contribution in [2.24, 2.45) is 10.9 Å². The Hall–Kier alpha value is -2.50. The SMILES string of the molecule is C=C/C(=C\N=C(/C)OC1CCN(c2cc(OCC)ccc2F)CC1)N1CC[C@@H](C)C1. The topological polar surface area (TPSA) is 37.3 Å². The van der Waals surface area contributed by atoms with Crippen molar-refractivity contribution in [2.75, 3.05) is 37.7 Å². The lowest BCUT2D eigenvalue weighted by atomic mass is 10.1. The molecular weight excluding hydrogens is 381 g/mol. The van der Waals surface area contributed by atoms with Gasteiger partial charge in [-0.1, -0.05) is 13.5 Å². The molecule has 2 aliphatic heterocycles. The summed E-state index contributed by atoms with van der Waals surface area (Å²) < 4.78 is 25.9. The Morgan fingerprint density at radius 1 is 1.27 bits per heavy atom. The number of nitrogens with zero attached hydrogens (tertiary/aromatic N) is 3. The van der Waals surface area contributed by atoms with Gasteiger partial charge in [0.1, 0.15) is 17.7 Å². The first kappa shape index (κ1) is 22.2. The van der Waals surface area contributed by atoms with Crippen LogP contribution in [0.15, 0.2) is 47.7 Å². The highest BCUT2D eigenvalue weighted by atomic mass is 19.1. The fourth-order valence-electron chi connectivity index (χ4n) is 4.07. The predicted molar refractivity (Wildman–Crippen MR) is 121 cm³/mol. The molecule has 0 N–H and O–H groups in total. The molecule has 6 heteroatoms. The third-order valence-electron chi connectivity index (χ3n) is 5.73. The van der Waals surface area contributed by atoms with Crippen LogP contribution >= 0.6 is 0 Å². The van der Waals surface area contributed by atoms with Gasteiger partial charge in [0.05, 0.1) is 24.2 Å². The van der Waals surface area contributed by atoms with E-state index in [0.717, 1.165) is 44.7 Å². The Morgan fingerprint density at radius 2 is 2.03 bits per heavy atom. The van der Waals surface area contributed by atoms with Crippen LogP contribution in [0.2, 0.25) is 0 Å². The van der Waals surface area contributed by atoms with Crippen LogP contribution in [-0.4, -0.2) is 49.7 Å². The second-order valence-corrected chi connectivity index (χ2v) is 8.10. The minimum atomic E-state index is -0.214. The van der Waals surface area contributed by atoms with Crippen molar-refractivity contribution in [3.05, 3.63) is 48.6 Å². The lowest BCUT2D eigenvalue weighted by molar-refractivity contribution is 0.156. The zero-order valence-corrected chi connectivity index (χ0v) is 18.4. The third kappa shape index (κ3) is 5.77. The molecule has 0 unspecified atom stereocenters. The number of aliphatic imine (C=N–C) groups is 1. The summed E-state index contributed by atoms with van der Waals surface area (Å²) in [6.45, 7) is 14.1. The van der Waals surface area contributed by atoms with E-state index in [9.17, 15) is 4.39 Å². The van der Waals surface area contributed by atoms with Crippen LogP contribution in [-0.2, 0) is 4.74 Å². The zero-order chi connectivity index (χ0) is 21.5. The summed E-state index contributed by atoms with van der Waals surface area (Å²) in [6.07, 6.45) is 6.66. The molecule has 1 atom stereocenters. The van der Waals surface area contributed by atoms with E-state index in [1.54, 1.807) is 12.1 Å². The van der Waals surface area contributed by atoms with Gasteiger partial charge in [0.2, 0.25) is 0 Å². The summed E-state index contributed by atoms with van der Waals surface area (Å²) in [7, 11) is 0. The summed E-state index contributed by atoms with van der Waals surface area (Å²) in [5.41, 5.74) is 1.64. The largest absolute Gasteiger partial charge is 0.494 e. The van der Waals surface area contributed by atoms with E-state index in [2.05, 4.69) is 28.3 Å². The summed E-state index contributed by atoms with van der Waals surface area (Å²) in [5, 5.41) is 0. The Morgan fingerprint density at radius 3 is 2.67 bits per heavy atom. The quantitative estimate of drug-likeness (QED) is 0.357. The van der Waals surface area contributed by atoms with Crippen LogP contribution in [0.1, 0.15) is 40.0 Å². The summed E-state index contributed by atoms with van der Waals surface area (Å²) in [5.74, 6) is 1.85. The highest BCUT2D eigenvalue weighted by Crippen LogP contribution is 2.28. The Bertz CT molecular complexity index is 785. The number of allylic oxidation sites excluding steroid dienone is 1. The van der Waals surface area contributed by atoms with Crippen molar-refractivity contribution in [3.63, 3.8) is 0 Å². The second kappa shape index (κ2) is 10.5. The van der Waals surface area contributed by atoms with Gasteiger partial charge in [-0.2, -0.15) is 0 Å². The van der Waals surface area contributed by atoms with E-state index in [1.165, 1.54) is 12.5 Å². The van der Waals surface area contributed by atoms with Gasteiger partial charge in [0, 0.05) is 52.0 Å². The number of likely N-dealkylation sites (tertiary alicyclic amines) is 1. The van der Waals surface area contributed by atoms with Crippen LogP contribution < -0.4 is 9.64 Å². The van der Waals surface area contributed by atoms with E-state index >= 15 is 0 Å². The molecule has 2 fully saturated rings. The van der Waals surface area contributed by atoms with Crippen LogP contribution in [0.3, 0.4) is 0 Å². The normalized spacial score (nSPS) is 21.1. The minimum Gasteiger partial charge on any atom is -0.494 e. The van der Waals surface area contributed by atoms with Crippen molar-refractivity contribution < 1.29 is 13.9 Å². The first-order valence-electron chi connectivity index (χ1n) is 11.0. The lowest BCUT2D eigenvalue weighted by Crippen LogP contribution is -2.38. The van der Waals surface area contributed by atoms with E-state index < -0.39 is 0 Å². The second-order valence-electron chi connectivity index (χ2n) is 8.10. The molecule has 0 bridgehead atoms. The molecule has 2 saturated heterocycles. The van der Waals surface area contributed by atoms with Crippen molar-refractivity contribution in [3.8, 4) is 5.75 Å². The van der Waals surface area contributed by atoms with Gasteiger partial charge in [-0.3, -0.25) is 0 Å². The average molecular weight is 416 g/mol. The van der Waals surface area contributed by atoms with Crippen molar-refractivity contribution in [1.82, 2.24) is 4.90 Å². The highest BCUT2D eigenvalue weighted by Gasteiger charge is 2.23. The number of hydrogen-bond donors (Lipinski definition) is 0. The number of benzene rings is 1. The Labute approximate surface area is 179 Å². The highest BCUT2D eigenvalue weighted by molar-refractivity contribution is 5.74. The van der Waals surface area contributed by atoms with Crippen LogP contribution in [0.25, 0.3) is 0 Å². The number of hydrogen-bond acceptors (Lipinski definition) is 5. The van der Waals surface area contributed by atoms with Crippen LogP contribution in [0.5, 0.6) is 5.75 Å². The molecule has 30 heavy (non-hydrogen) atoms. The Kier molecular flexibility index (Phi) is 7.77. The predicted octanol–water partition coefficient (Wildman–Crippen LogP) is 5.00. The molecule has 2 aliphatic rings. The smallest absolute Gasteiger partial charge is 0.184 e. The molecule has 1 aromatic carbocycles. The molecule has 0 spiro atoms. The van der Waals surface area contributed by atoms with Crippen LogP contribution in [0, 0.1) is 11.7 Å². The molecule has 0 aromatic heterocycles.